The number of rotatable bonds is 3. The predicted octanol–water partition coefficient (Wildman–Crippen LogP) is 2.84. The maximum atomic E-state index is 12.8. The van der Waals surface area contributed by atoms with E-state index in [-0.39, 0.29) is 11.9 Å². The summed E-state index contributed by atoms with van der Waals surface area (Å²) in [6, 6.07) is 7.43. The minimum absolute atomic E-state index is 0.00305. The highest BCUT2D eigenvalue weighted by molar-refractivity contribution is 6.08. The average molecular weight is 259 g/mol. The third-order valence-electron chi connectivity index (χ3n) is 4.04. The Kier molecular flexibility index (Phi) is 3.06. The second kappa shape index (κ2) is 4.20. The standard InChI is InChI=1S/C16H21NO2/c1-6-15(4,5)16(19)12-9-7-8-10-13(12)17(11(2)3)14(16)18/h6-11,19H,1H2,2-5H3. The third kappa shape index (κ3) is 1.65. The summed E-state index contributed by atoms with van der Waals surface area (Å²) >= 11 is 0. The summed E-state index contributed by atoms with van der Waals surface area (Å²) in [5, 5.41) is 11.1. The van der Waals surface area contributed by atoms with E-state index in [4.69, 9.17) is 0 Å². The normalized spacial score (nSPS) is 22.8. The van der Waals surface area contributed by atoms with Crippen LogP contribution in [0.2, 0.25) is 0 Å². The molecule has 1 N–H and O–H groups in total. The monoisotopic (exact) mass is 259 g/mol. The van der Waals surface area contributed by atoms with E-state index in [0.717, 1.165) is 5.69 Å². The molecular formula is C16H21NO2. The molecule has 1 amide bonds. The lowest BCUT2D eigenvalue weighted by Gasteiger charge is -2.36. The Hall–Kier alpha value is -1.61. The number of aliphatic hydroxyl groups is 1. The first kappa shape index (κ1) is 13.8. The quantitative estimate of drug-likeness (QED) is 0.848. The molecule has 0 spiro atoms. The van der Waals surface area contributed by atoms with Gasteiger partial charge in [-0.15, -0.1) is 6.58 Å². The van der Waals surface area contributed by atoms with Crippen LogP contribution in [0.25, 0.3) is 0 Å². The number of hydrogen-bond acceptors (Lipinski definition) is 2. The van der Waals surface area contributed by atoms with Crippen molar-refractivity contribution in [2.45, 2.75) is 39.3 Å². The van der Waals surface area contributed by atoms with Gasteiger partial charge in [0.2, 0.25) is 0 Å². The largest absolute Gasteiger partial charge is 0.375 e. The number of amides is 1. The second-order valence-electron chi connectivity index (χ2n) is 5.92. The summed E-state index contributed by atoms with van der Waals surface area (Å²) in [4.78, 5) is 14.4. The fourth-order valence-corrected chi connectivity index (χ4v) is 2.67. The average Bonchev–Trinajstić information content (AvgIpc) is 2.60. The van der Waals surface area contributed by atoms with Gasteiger partial charge < -0.3 is 10.0 Å². The molecule has 1 unspecified atom stereocenters. The fraction of sp³-hybridized carbons (Fsp3) is 0.438. The van der Waals surface area contributed by atoms with Crippen LogP contribution in [0, 0.1) is 5.41 Å². The Labute approximate surface area is 114 Å². The number of carbonyl (C=O) groups excluding carboxylic acids is 1. The number of benzene rings is 1. The van der Waals surface area contributed by atoms with E-state index in [1.807, 2.05) is 52.0 Å². The maximum absolute atomic E-state index is 12.8. The van der Waals surface area contributed by atoms with Crippen molar-refractivity contribution in [3.8, 4) is 0 Å². The zero-order valence-corrected chi connectivity index (χ0v) is 12.0. The van der Waals surface area contributed by atoms with Crippen molar-refractivity contribution in [3.63, 3.8) is 0 Å². The molecule has 1 aromatic carbocycles. The third-order valence-corrected chi connectivity index (χ3v) is 4.04. The van der Waals surface area contributed by atoms with Crippen molar-refractivity contribution in [2.24, 2.45) is 5.41 Å². The molecule has 0 aromatic heterocycles. The van der Waals surface area contributed by atoms with Crippen LogP contribution in [0.15, 0.2) is 36.9 Å². The van der Waals surface area contributed by atoms with Crippen molar-refractivity contribution < 1.29 is 9.90 Å². The minimum atomic E-state index is -1.55. The second-order valence-corrected chi connectivity index (χ2v) is 5.92. The number of nitrogens with zero attached hydrogens (tertiary/aromatic N) is 1. The van der Waals surface area contributed by atoms with E-state index in [2.05, 4.69) is 6.58 Å². The van der Waals surface area contributed by atoms with Gasteiger partial charge in [-0.25, -0.2) is 0 Å². The molecule has 3 nitrogen and oxygen atoms in total. The van der Waals surface area contributed by atoms with Crippen molar-refractivity contribution in [1.29, 1.82) is 0 Å². The van der Waals surface area contributed by atoms with E-state index < -0.39 is 11.0 Å². The summed E-state index contributed by atoms with van der Waals surface area (Å²) in [6.07, 6.45) is 1.64. The van der Waals surface area contributed by atoms with Crippen LogP contribution in [-0.2, 0) is 10.4 Å². The lowest BCUT2D eigenvalue weighted by atomic mass is 9.71. The lowest BCUT2D eigenvalue weighted by molar-refractivity contribution is -0.146. The van der Waals surface area contributed by atoms with Gasteiger partial charge in [0.25, 0.3) is 5.91 Å². The Bertz CT molecular complexity index is 533. The predicted molar refractivity (Wildman–Crippen MR) is 76.9 cm³/mol. The molecule has 0 fully saturated rings. The molecule has 2 rings (SSSR count). The summed E-state index contributed by atoms with van der Waals surface area (Å²) in [6.45, 7) is 11.3. The fourth-order valence-electron chi connectivity index (χ4n) is 2.67. The molecule has 102 valence electrons. The van der Waals surface area contributed by atoms with Crippen LogP contribution in [0.1, 0.15) is 33.3 Å². The molecule has 1 atom stereocenters. The molecule has 1 aliphatic heterocycles. The van der Waals surface area contributed by atoms with E-state index >= 15 is 0 Å². The Morgan fingerprint density at radius 2 is 1.95 bits per heavy atom. The van der Waals surface area contributed by atoms with Gasteiger partial charge in [0.15, 0.2) is 5.60 Å². The number of hydrogen-bond donors (Lipinski definition) is 1. The van der Waals surface area contributed by atoms with Crippen molar-refractivity contribution >= 4 is 11.6 Å². The summed E-state index contributed by atoms with van der Waals surface area (Å²) in [5.41, 5.74) is -0.821. The highest BCUT2D eigenvalue weighted by Gasteiger charge is 2.57. The zero-order chi connectivity index (χ0) is 14.4. The highest BCUT2D eigenvalue weighted by Crippen LogP contribution is 2.50. The van der Waals surface area contributed by atoms with Crippen LogP contribution in [0.3, 0.4) is 0 Å². The minimum Gasteiger partial charge on any atom is -0.375 e. The molecule has 19 heavy (non-hydrogen) atoms. The molecule has 0 saturated carbocycles. The summed E-state index contributed by atoms with van der Waals surface area (Å²) in [7, 11) is 0. The zero-order valence-electron chi connectivity index (χ0n) is 12.0. The van der Waals surface area contributed by atoms with Gasteiger partial charge in [-0.3, -0.25) is 4.79 Å². The molecule has 1 aromatic rings. The van der Waals surface area contributed by atoms with E-state index in [0.29, 0.717) is 5.56 Å². The molecule has 0 saturated heterocycles. The van der Waals surface area contributed by atoms with Gasteiger partial charge in [-0.05, 0) is 19.9 Å². The van der Waals surface area contributed by atoms with Crippen molar-refractivity contribution in [2.75, 3.05) is 4.90 Å². The number of fused-ring (bicyclic) bond motifs is 1. The number of para-hydroxylation sites is 1. The summed E-state index contributed by atoms with van der Waals surface area (Å²) < 4.78 is 0. The molecule has 1 aliphatic rings. The first-order chi connectivity index (χ1) is 8.77. The maximum Gasteiger partial charge on any atom is 0.264 e. The topological polar surface area (TPSA) is 40.5 Å². The Morgan fingerprint density at radius 1 is 1.37 bits per heavy atom. The van der Waals surface area contributed by atoms with Gasteiger partial charge in [0.05, 0.1) is 5.69 Å². The summed E-state index contributed by atoms with van der Waals surface area (Å²) in [5.74, 6) is -0.270. The van der Waals surface area contributed by atoms with Crippen LogP contribution >= 0.6 is 0 Å². The number of carbonyl (C=O) groups is 1. The highest BCUT2D eigenvalue weighted by atomic mass is 16.3. The van der Waals surface area contributed by atoms with Gasteiger partial charge >= 0.3 is 0 Å². The van der Waals surface area contributed by atoms with E-state index in [9.17, 15) is 9.90 Å². The van der Waals surface area contributed by atoms with Gasteiger partial charge in [0.1, 0.15) is 0 Å². The van der Waals surface area contributed by atoms with Gasteiger partial charge in [-0.2, -0.15) is 0 Å². The molecule has 0 aliphatic carbocycles. The SMILES string of the molecule is C=CC(C)(C)C1(O)C(=O)N(C(C)C)c2ccccc21. The Morgan fingerprint density at radius 3 is 2.47 bits per heavy atom. The van der Waals surface area contributed by atoms with Crippen molar-refractivity contribution in [1.82, 2.24) is 0 Å². The molecule has 3 heteroatoms. The van der Waals surface area contributed by atoms with Gasteiger partial charge in [-0.1, -0.05) is 38.1 Å². The first-order valence-corrected chi connectivity index (χ1v) is 6.56. The van der Waals surface area contributed by atoms with Crippen LogP contribution < -0.4 is 4.90 Å². The molecule has 0 bridgehead atoms. The molecular weight excluding hydrogens is 238 g/mol. The van der Waals surface area contributed by atoms with E-state index in [1.165, 1.54) is 0 Å². The van der Waals surface area contributed by atoms with Crippen LogP contribution in [0.5, 0.6) is 0 Å². The Balaban J connectivity index is 2.72. The van der Waals surface area contributed by atoms with E-state index in [1.54, 1.807) is 11.0 Å². The number of anilines is 1. The first-order valence-electron chi connectivity index (χ1n) is 6.56. The van der Waals surface area contributed by atoms with Gasteiger partial charge in [0, 0.05) is 17.0 Å². The van der Waals surface area contributed by atoms with Crippen LogP contribution in [0.4, 0.5) is 5.69 Å². The lowest BCUT2D eigenvalue weighted by Crippen LogP contribution is -2.50. The molecule has 1 heterocycles. The smallest absolute Gasteiger partial charge is 0.264 e. The van der Waals surface area contributed by atoms with Crippen molar-refractivity contribution in [3.05, 3.63) is 42.5 Å². The van der Waals surface area contributed by atoms with Crippen LogP contribution in [-0.4, -0.2) is 17.1 Å². The molecule has 0 radical (unpaired) electrons.